The highest BCUT2D eigenvalue weighted by molar-refractivity contribution is 5.85. The van der Waals surface area contributed by atoms with Gasteiger partial charge in [0.25, 0.3) is 0 Å². The predicted molar refractivity (Wildman–Crippen MR) is 104 cm³/mol. The summed E-state index contributed by atoms with van der Waals surface area (Å²) >= 11 is 0. The number of aliphatic hydroxyl groups excluding tert-OH is 5. The zero-order valence-electron chi connectivity index (χ0n) is 16.8. The molecule has 2 aliphatic heterocycles. The maximum atomic E-state index is 10.6. The highest BCUT2D eigenvalue weighted by Crippen LogP contribution is 2.32. The van der Waals surface area contributed by atoms with Gasteiger partial charge in [-0.15, -0.1) is 0 Å². The van der Waals surface area contributed by atoms with E-state index in [-0.39, 0.29) is 5.75 Å². The van der Waals surface area contributed by atoms with Crippen molar-refractivity contribution in [1.29, 1.82) is 0 Å². The molecule has 178 valence electrons. The number of carboxylic acids is 1. The molecule has 2 heterocycles. The first-order valence-electron chi connectivity index (χ1n) is 9.77. The van der Waals surface area contributed by atoms with Gasteiger partial charge in [0.15, 0.2) is 12.4 Å². The second-order valence-corrected chi connectivity index (χ2v) is 7.55. The fraction of sp³-hybridized carbons (Fsp3) is 0.550. The zero-order chi connectivity index (χ0) is 23.5. The van der Waals surface area contributed by atoms with Crippen LogP contribution in [0.5, 0.6) is 5.75 Å². The van der Waals surface area contributed by atoms with E-state index >= 15 is 0 Å². The first-order chi connectivity index (χ1) is 15.2. The molecule has 0 unspecified atom stereocenters. The van der Waals surface area contributed by atoms with Gasteiger partial charge >= 0.3 is 5.97 Å². The summed E-state index contributed by atoms with van der Waals surface area (Å²) in [4.78, 5) is 10.6. The quantitative estimate of drug-likeness (QED) is 0.201. The van der Waals surface area contributed by atoms with Crippen molar-refractivity contribution >= 4 is 12.0 Å². The monoisotopic (exact) mass is 458 g/mol. The van der Waals surface area contributed by atoms with Gasteiger partial charge in [0, 0.05) is 6.08 Å². The highest BCUT2D eigenvalue weighted by Gasteiger charge is 2.53. The average Bonchev–Trinajstić information content (AvgIpc) is 3.07. The summed E-state index contributed by atoms with van der Waals surface area (Å²) in [7, 11) is 0. The Hall–Kier alpha value is -2.13. The number of rotatable bonds is 8. The minimum atomic E-state index is -1.97. The van der Waals surface area contributed by atoms with Crippen molar-refractivity contribution < 1.29 is 59.5 Å². The Labute approximate surface area is 182 Å². The molecule has 2 aliphatic rings. The molecule has 2 fully saturated rings. The molecule has 1 aromatic rings. The largest absolute Gasteiger partial charge is 0.478 e. The van der Waals surface area contributed by atoms with E-state index in [4.69, 9.17) is 24.1 Å². The third-order valence-corrected chi connectivity index (χ3v) is 5.25. The van der Waals surface area contributed by atoms with E-state index in [0.717, 1.165) is 6.08 Å². The normalized spacial score (nSPS) is 37.6. The van der Waals surface area contributed by atoms with Gasteiger partial charge in [-0.3, -0.25) is 0 Å². The molecule has 0 radical (unpaired) electrons. The van der Waals surface area contributed by atoms with Crippen LogP contribution in [0.1, 0.15) is 5.56 Å². The van der Waals surface area contributed by atoms with Gasteiger partial charge in [-0.05, 0) is 23.8 Å². The molecule has 1 aromatic carbocycles. The molecule has 2 saturated heterocycles. The molecule has 0 bridgehead atoms. The number of aliphatic hydroxyl groups is 6. The van der Waals surface area contributed by atoms with Gasteiger partial charge in [0.2, 0.25) is 6.29 Å². The summed E-state index contributed by atoms with van der Waals surface area (Å²) in [5, 5.41) is 68.5. The van der Waals surface area contributed by atoms with Crippen LogP contribution in [0, 0.1) is 0 Å². The number of carbonyl (C=O) groups is 1. The van der Waals surface area contributed by atoms with Gasteiger partial charge < -0.3 is 54.7 Å². The third kappa shape index (κ3) is 5.26. The molecule has 0 spiro atoms. The highest BCUT2D eigenvalue weighted by atomic mass is 16.8. The predicted octanol–water partition coefficient (Wildman–Crippen LogP) is -2.57. The van der Waals surface area contributed by atoms with Crippen LogP contribution in [-0.4, -0.2) is 110 Å². The molecular weight excluding hydrogens is 432 g/mol. The van der Waals surface area contributed by atoms with E-state index in [0.29, 0.717) is 5.56 Å². The zero-order valence-corrected chi connectivity index (χ0v) is 16.8. The molecule has 0 aliphatic carbocycles. The molecule has 0 aromatic heterocycles. The average molecular weight is 458 g/mol. The maximum absolute atomic E-state index is 10.6. The van der Waals surface area contributed by atoms with E-state index in [2.05, 4.69) is 0 Å². The van der Waals surface area contributed by atoms with Gasteiger partial charge in [0.1, 0.15) is 35.8 Å². The van der Waals surface area contributed by atoms with Gasteiger partial charge in [-0.25, -0.2) is 4.79 Å². The molecule has 7 N–H and O–H groups in total. The summed E-state index contributed by atoms with van der Waals surface area (Å²) in [5.41, 5.74) is -1.39. The van der Waals surface area contributed by atoms with E-state index in [1.165, 1.54) is 18.2 Å². The van der Waals surface area contributed by atoms with E-state index in [1.807, 2.05) is 0 Å². The summed E-state index contributed by atoms with van der Waals surface area (Å²) in [5.74, 6) is -0.871. The lowest BCUT2D eigenvalue weighted by Crippen LogP contribution is -2.62. The van der Waals surface area contributed by atoms with Crippen molar-refractivity contribution in [2.45, 2.75) is 48.7 Å². The van der Waals surface area contributed by atoms with Crippen molar-refractivity contribution in [3.8, 4) is 5.75 Å². The van der Waals surface area contributed by atoms with Crippen LogP contribution in [0.15, 0.2) is 30.3 Å². The van der Waals surface area contributed by atoms with Crippen LogP contribution >= 0.6 is 0 Å². The van der Waals surface area contributed by atoms with Crippen LogP contribution in [0.25, 0.3) is 6.08 Å². The first-order valence-corrected chi connectivity index (χ1v) is 9.77. The van der Waals surface area contributed by atoms with Crippen LogP contribution < -0.4 is 4.74 Å². The fourth-order valence-corrected chi connectivity index (χ4v) is 3.32. The molecule has 12 nitrogen and oxygen atoms in total. The number of carboxylic acid groups (broad SMARTS) is 1. The lowest BCUT2D eigenvalue weighted by molar-refractivity contribution is -0.318. The number of hydrogen-bond donors (Lipinski definition) is 7. The van der Waals surface area contributed by atoms with Crippen molar-refractivity contribution in [2.75, 3.05) is 19.8 Å². The maximum Gasteiger partial charge on any atom is 0.328 e. The lowest BCUT2D eigenvalue weighted by atomic mass is 9.98. The van der Waals surface area contributed by atoms with Gasteiger partial charge in [-0.2, -0.15) is 0 Å². The molecular formula is C20H26O12. The van der Waals surface area contributed by atoms with Gasteiger partial charge in [-0.1, -0.05) is 12.1 Å². The van der Waals surface area contributed by atoms with E-state index in [9.17, 15) is 35.4 Å². The van der Waals surface area contributed by atoms with Crippen LogP contribution in [0.4, 0.5) is 0 Å². The molecule has 0 amide bonds. The molecule has 32 heavy (non-hydrogen) atoms. The van der Waals surface area contributed by atoms with Crippen LogP contribution in [0.3, 0.4) is 0 Å². The van der Waals surface area contributed by atoms with Crippen molar-refractivity contribution in [3.63, 3.8) is 0 Å². The Balaban J connectivity index is 1.76. The Bertz CT molecular complexity index is 798. The summed E-state index contributed by atoms with van der Waals surface area (Å²) < 4.78 is 22.0. The topological polar surface area (TPSA) is 196 Å². The number of benzene rings is 1. The molecule has 0 saturated carbocycles. The third-order valence-electron chi connectivity index (χ3n) is 5.25. The number of ether oxygens (including phenoxy) is 4. The lowest BCUT2D eigenvalue weighted by Gasteiger charge is -2.42. The SMILES string of the molecule is O=C(O)/C=C/c1ccc(O[C@H]2O[C@H](CO)[C@H](O)[C@@H](O)[C@H]2O[C@@H]2OC[C@](O)(CO)[C@H]2O)cc1. The minimum Gasteiger partial charge on any atom is -0.478 e. The van der Waals surface area contributed by atoms with Crippen LogP contribution in [0.2, 0.25) is 0 Å². The fourth-order valence-electron chi connectivity index (χ4n) is 3.32. The summed E-state index contributed by atoms with van der Waals surface area (Å²) in [6.45, 7) is -1.86. The summed E-state index contributed by atoms with van der Waals surface area (Å²) in [6.07, 6.45) is -7.95. The second-order valence-electron chi connectivity index (χ2n) is 7.55. The molecule has 12 heteroatoms. The summed E-state index contributed by atoms with van der Waals surface area (Å²) in [6, 6.07) is 6.12. The Morgan fingerprint density at radius 1 is 1.12 bits per heavy atom. The van der Waals surface area contributed by atoms with E-state index < -0.39 is 74.5 Å². The molecule has 8 atom stereocenters. The van der Waals surface area contributed by atoms with Crippen molar-refractivity contribution in [3.05, 3.63) is 35.9 Å². The van der Waals surface area contributed by atoms with Crippen molar-refractivity contribution in [1.82, 2.24) is 0 Å². The smallest absolute Gasteiger partial charge is 0.328 e. The Morgan fingerprint density at radius 3 is 2.38 bits per heavy atom. The Morgan fingerprint density at radius 2 is 1.81 bits per heavy atom. The standard InChI is InChI=1S/C20H26O12/c21-7-12-14(25)15(26)16(32-19-17(27)20(28,8-22)9-29-19)18(31-12)30-11-4-1-10(2-5-11)3-6-13(23)24/h1-6,12,14-19,21-22,25-28H,7-9H2,(H,23,24)/b6-3+/t12-,14+,15-,16-,17+,18+,19+,20-/m1/s1. The Kier molecular flexibility index (Phi) is 7.82. The number of aliphatic carboxylic acids is 1. The first kappa shape index (κ1) is 24.5. The minimum absolute atomic E-state index is 0.233. The second kappa shape index (κ2) is 10.2. The van der Waals surface area contributed by atoms with Crippen molar-refractivity contribution in [2.24, 2.45) is 0 Å². The molecule has 3 rings (SSSR count). The van der Waals surface area contributed by atoms with Gasteiger partial charge in [0.05, 0.1) is 19.8 Å². The van der Waals surface area contributed by atoms with E-state index in [1.54, 1.807) is 12.1 Å². The van der Waals surface area contributed by atoms with Crippen LogP contribution in [-0.2, 0) is 19.0 Å². The number of hydrogen-bond acceptors (Lipinski definition) is 11.